The average Bonchev–Trinajstić information content (AvgIpc) is 3.46. The van der Waals surface area contributed by atoms with Gasteiger partial charge in [0.15, 0.2) is 5.13 Å². The van der Waals surface area contributed by atoms with E-state index in [4.69, 9.17) is 5.11 Å². The highest BCUT2D eigenvalue weighted by Gasteiger charge is 2.31. The number of carbonyl (C=O) groups is 2. The van der Waals surface area contributed by atoms with Gasteiger partial charge in [-0.3, -0.25) is 10.1 Å². The van der Waals surface area contributed by atoms with Crippen molar-refractivity contribution in [2.45, 2.75) is 20.0 Å². The van der Waals surface area contributed by atoms with Gasteiger partial charge >= 0.3 is 12.3 Å². The van der Waals surface area contributed by atoms with Gasteiger partial charge in [0, 0.05) is 28.7 Å². The quantitative estimate of drug-likeness (QED) is 0.296. The number of hydrogen-bond donors (Lipinski definition) is 3. The number of aromatic nitrogens is 3. The second kappa shape index (κ2) is 10.2. The predicted octanol–water partition coefficient (Wildman–Crippen LogP) is 5.71. The molecule has 0 aliphatic carbocycles. The minimum Gasteiger partial charge on any atom is -0.465 e. The zero-order valence-corrected chi connectivity index (χ0v) is 20.2. The van der Waals surface area contributed by atoms with Crippen LogP contribution in [0.15, 0.2) is 55.1 Å². The first-order valence-corrected chi connectivity index (χ1v) is 11.4. The van der Waals surface area contributed by atoms with E-state index in [1.54, 1.807) is 32.2 Å². The third-order valence-corrected chi connectivity index (χ3v) is 5.88. The number of alkyl halides is 3. The molecule has 0 saturated carbocycles. The Labute approximate surface area is 212 Å². The third kappa shape index (κ3) is 6.33. The molecule has 2 aromatic heterocycles. The van der Waals surface area contributed by atoms with Crippen molar-refractivity contribution in [2.75, 3.05) is 10.6 Å². The molecule has 0 fully saturated rings. The van der Waals surface area contributed by atoms with E-state index < -0.39 is 23.7 Å². The van der Waals surface area contributed by atoms with Crippen molar-refractivity contribution in [3.63, 3.8) is 0 Å². The second-order valence-electron chi connectivity index (χ2n) is 7.88. The van der Waals surface area contributed by atoms with Crippen LogP contribution in [0.5, 0.6) is 0 Å². The van der Waals surface area contributed by atoms with Crippen LogP contribution in [-0.2, 0) is 6.18 Å². The minimum atomic E-state index is -4.62. The lowest BCUT2D eigenvalue weighted by Gasteiger charge is -2.14. The maximum atomic E-state index is 13.5. The number of carbonyl (C=O) groups excluding carboxylic acids is 1. The fourth-order valence-electron chi connectivity index (χ4n) is 3.27. The molecular weight excluding hydrogens is 507 g/mol. The first kappa shape index (κ1) is 25.5. The van der Waals surface area contributed by atoms with E-state index >= 15 is 0 Å². The summed E-state index contributed by atoms with van der Waals surface area (Å²) in [6.07, 6.45) is -1.46. The maximum absolute atomic E-state index is 13.5. The van der Waals surface area contributed by atoms with Crippen molar-refractivity contribution in [1.29, 1.82) is 0 Å². The molecule has 0 unspecified atom stereocenters. The normalized spacial score (nSPS) is 10.9. The molecule has 8 nitrogen and oxygen atoms in total. The highest BCUT2D eigenvalue weighted by molar-refractivity contribution is 7.16. The van der Waals surface area contributed by atoms with Crippen LogP contribution in [0, 0.1) is 25.7 Å². The first-order valence-electron chi connectivity index (χ1n) is 10.6. The van der Waals surface area contributed by atoms with Crippen molar-refractivity contribution in [1.82, 2.24) is 14.5 Å². The molecule has 0 aliphatic heterocycles. The van der Waals surface area contributed by atoms with E-state index in [1.807, 2.05) is 0 Å². The summed E-state index contributed by atoms with van der Waals surface area (Å²) in [5, 5.41) is 13.6. The Balaban J connectivity index is 1.60. The lowest BCUT2D eigenvalue weighted by atomic mass is 10.0. The summed E-state index contributed by atoms with van der Waals surface area (Å²) in [4.78, 5) is 32.1. The summed E-state index contributed by atoms with van der Waals surface area (Å²) >= 11 is 1.05. The van der Waals surface area contributed by atoms with Crippen LogP contribution in [0.25, 0.3) is 5.69 Å². The smallest absolute Gasteiger partial charge is 0.416 e. The number of benzene rings is 2. The Morgan fingerprint density at radius 2 is 1.84 bits per heavy atom. The van der Waals surface area contributed by atoms with Gasteiger partial charge < -0.3 is 15.0 Å². The van der Waals surface area contributed by atoms with Gasteiger partial charge in [-0.05, 0) is 55.7 Å². The molecule has 2 amide bonds. The number of aryl methyl sites for hydroxylation is 2. The van der Waals surface area contributed by atoms with Gasteiger partial charge in [0.25, 0.3) is 5.91 Å². The summed E-state index contributed by atoms with van der Waals surface area (Å²) in [7, 11) is 0. The van der Waals surface area contributed by atoms with Gasteiger partial charge in [-0.15, -0.1) is 0 Å². The van der Waals surface area contributed by atoms with Crippen molar-refractivity contribution in [3.8, 4) is 17.5 Å². The monoisotopic (exact) mass is 525 g/mol. The Kier molecular flexibility index (Phi) is 6.99. The zero-order chi connectivity index (χ0) is 26.7. The summed E-state index contributed by atoms with van der Waals surface area (Å²) in [6, 6.07) is 8.03. The summed E-state index contributed by atoms with van der Waals surface area (Å²) < 4.78 is 42.0. The number of carboxylic acid groups (broad SMARTS) is 1. The number of hydrogen-bond acceptors (Lipinski definition) is 5. The van der Waals surface area contributed by atoms with E-state index in [2.05, 4.69) is 32.4 Å². The Hall–Kier alpha value is -4.63. The first-order chi connectivity index (χ1) is 17.5. The molecule has 2 aromatic carbocycles. The minimum absolute atomic E-state index is 0.0301. The number of rotatable bonds is 4. The largest absolute Gasteiger partial charge is 0.465 e. The predicted molar refractivity (Wildman–Crippen MR) is 132 cm³/mol. The van der Waals surface area contributed by atoms with E-state index in [9.17, 15) is 22.8 Å². The molecule has 0 bridgehead atoms. The van der Waals surface area contributed by atoms with Crippen LogP contribution in [-0.4, -0.2) is 31.6 Å². The number of nitrogens with zero attached hydrogens (tertiary/aromatic N) is 3. The van der Waals surface area contributed by atoms with Gasteiger partial charge in [-0.2, -0.15) is 13.2 Å². The van der Waals surface area contributed by atoms with Gasteiger partial charge in [-0.1, -0.05) is 23.3 Å². The number of halogens is 3. The molecule has 0 saturated heterocycles. The third-order valence-electron chi connectivity index (χ3n) is 5.05. The van der Waals surface area contributed by atoms with E-state index in [0.717, 1.165) is 29.0 Å². The maximum Gasteiger partial charge on any atom is 0.416 e. The molecule has 0 spiro atoms. The van der Waals surface area contributed by atoms with Gasteiger partial charge in [-0.25, -0.2) is 14.8 Å². The lowest BCUT2D eigenvalue weighted by molar-refractivity contribution is -0.137. The number of imidazole rings is 1. The molecule has 37 heavy (non-hydrogen) atoms. The van der Waals surface area contributed by atoms with Crippen molar-refractivity contribution in [3.05, 3.63) is 87.9 Å². The SMILES string of the molecule is Cc1cn(-c2cc(NC(=O)c3ccc(C)c(C#Cc4cnc(NC(=O)O)s4)c3)cc(C(F)(F)F)c2)cn1. The fraction of sp³-hybridized carbons (Fsp3) is 0.120. The van der Waals surface area contributed by atoms with Crippen LogP contribution < -0.4 is 10.6 Å². The highest BCUT2D eigenvalue weighted by atomic mass is 32.1. The van der Waals surface area contributed by atoms with Gasteiger partial charge in [0.1, 0.15) is 0 Å². The van der Waals surface area contributed by atoms with Crippen LogP contribution in [0.2, 0.25) is 0 Å². The Bertz CT molecular complexity index is 1560. The van der Waals surface area contributed by atoms with Crippen LogP contribution in [0.1, 0.15) is 37.6 Å². The van der Waals surface area contributed by atoms with Crippen LogP contribution in [0.4, 0.5) is 28.8 Å². The van der Waals surface area contributed by atoms with E-state index in [0.29, 0.717) is 16.1 Å². The van der Waals surface area contributed by atoms with Crippen molar-refractivity contribution >= 4 is 34.2 Å². The molecule has 0 atom stereocenters. The molecule has 0 radical (unpaired) electrons. The van der Waals surface area contributed by atoms with Gasteiger partial charge in [0.2, 0.25) is 0 Å². The Morgan fingerprint density at radius 1 is 1.05 bits per heavy atom. The lowest BCUT2D eigenvalue weighted by Crippen LogP contribution is -2.14. The number of anilines is 2. The molecule has 4 aromatic rings. The number of thiazole rings is 1. The molecule has 12 heteroatoms. The standard InChI is InChI=1S/C25H18F3N5O3S/c1-14-3-4-17(7-16(14)5-6-21-11-29-23(37-21)32-24(35)36)22(34)31-19-8-18(25(26,27)28)9-20(10-19)33-12-15(2)30-13-33/h3-4,7-13H,1-2H3,(H,29,32)(H,31,34)(H,35,36). The molecule has 3 N–H and O–H groups in total. The fourth-order valence-corrected chi connectivity index (χ4v) is 3.93. The van der Waals surface area contributed by atoms with E-state index in [1.165, 1.54) is 29.2 Å². The van der Waals surface area contributed by atoms with Crippen LogP contribution >= 0.6 is 11.3 Å². The number of nitrogens with one attached hydrogen (secondary N) is 2. The average molecular weight is 526 g/mol. The van der Waals surface area contributed by atoms with E-state index in [-0.39, 0.29) is 22.1 Å². The summed E-state index contributed by atoms with van der Waals surface area (Å²) in [5.41, 5.74) is 1.37. The van der Waals surface area contributed by atoms with Crippen molar-refractivity contribution in [2.24, 2.45) is 0 Å². The highest BCUT2D eigenvalue weighted by Crippen LogP contribution is 2.33. The van der Waals surface area contributed by atoms with Gasteiger partial charge in [0.05, 0.1) is 28.7 Å². The molecular formula is C25H18F3N5O3S. The number of amides is 2. The second-order valence-corrected chi connectivity index (χ2v) is 8.91. The molecule has 188 valence electrons. The molecule has 0 aliphatic rings. The summed E-state index contributed by atoms with van der Waals surface area (Å²) in [6.45, 7) is 3.51. The summed E-state index contributed by atoms with van der Waals surface area (Å²) in [5.74, 6) is 5.18. The Morgan fingerprint density at radius 3 is 2.51 bits per heavy atom. The topological polar surface area (TPSA) is 109 Å². The zero-order valence-electron chi connectivity index (χ0n) is 19.3. The van der Waals surface area contributed by atoms with Crippen LogP contribution in [0.3, 0.4) is 0 Å². The molecule has 2 heterocycles. The molecule has 4 rings (SSSR count). The van der Waals surface area contributed by atoms with Crippen molar-refractivity contribution < 1.29 is 27.9 Å².